The van der Waals surface area contributed by atoms with Gasteiger partial charge >= 0.3 is 0 Å². The van der Waals surface area contributed by atoms with E-state index in [2.05, 4.69) is 67.8 Å². The molecule has 0 saturated heterocycles. The highest BCUT2D eigenvalue weighted by Gasteiger charge is 2.09. The van der Waals surface area contributed by atoms with Crippen molar-refractivity contribution in [3.8, 4) is 11.5 Å². The number of nitrogens with zero attached hydrogens (tertiary/aromatic N) is 1. The number of para-hydroxylation sites is 1. The van der Waals surface area contributed by atoms with Crippen molar-refractivity contribution in [3.63, 3.8) is 0 Å². The highest BCUT2D eigenvalue weighted by Crippen LogP contribution is 2.29. The van der Waals surface area contributed by atoms with Crippen LogP contribution in [0.5, 0.6) is 11.5 Å². The standard InChI is InChI=1S/C18H20I2N2O2/c1-12(2)24-18-15(19)8-13(9-16(18)20)10-21-22-11-14-6-4-5-7-17(14)23-3/h4-10,12,22H,11H2,1-3H3/b21-10+. The largest absolute Gasteiger partial charge is 0.496 e. The average Bonchev–Trinajstić information content (AvgIpc) is 2.55. The van der Waals surface area contributed by atoms with Crippen molar-refractivity contribution in [2.24, 2.45) is 5.10 Å². The number of methoxy groups -OCH3 is 1. The first-order valence-electron chi connectivity index (χ1n) is 7.54. The minimum absolute atomic E-state index is 0.161. The van der Waals surface area contributed by atoms with E-state index in [9.17, 15) is 0 Å². The minimum atomic E-state index is 0.161. The van der Waals surface area contributed by atoms with E-state index in [1.54, 1.807) is 7.11 Å². The van der Waals surface area contributed by atoms with Crippen LogP contribution in [0.3, 0.4) is 0 Å². The van der Waals surface area contributed by atoms with Gasteiger partial charge in [0, 0.05) is 5.56 Å². The number of nitrogens with one attached hydrogen (secondary N) is 1. The van der Waals surface area contributed by atoms with Crippen molar-refractivity contribution >= 4 is 51.4 Å². The Morgan fingerprint density at radius 3 is 2.46 bits per heavy atom. The van der Waals surface area contributed by atoms with Gasteiger partial charge in [-0.3, -0.25) is 0 Å². The fourth-order valence-electron chi connectivity index (χ4n) is 2.10. The molecule has 0 aliphatic heterocycles. The lowest BCUT2D eigenvalue weighted by Crippen LogP contribution is -2.09. The fraction of sp³-hybridized carbons (Fsp3) is 0.278. The number of hydrogen-bond donors (Lipinski definition) is 1. The van der Waals surface area contributed by atoms with Gasteiger partial charge in [0.25, 0.3) is 0 Å². The quantitative estimate of drug-likeness (QED) is 0.306. The zero-order chi connectivity index (χ0) is 17.5. The lowest BCUT2D eigenvalue weighted by Gasteiger charge is -2.14. The summed E-state index contributed by atoms with van der Waals surface area (Å²) in [6.07, 6.45) is 1.98. The van der Waals surface area contributed by atoms with Crippen LogP contribution in [0, 0.1) is 7.14 Å². The predicted molar refractivity (Wildman–Crippen MR) is 115 cm³/mol. The van der Waals surface area contributed by atoms with Crippen LogP contribution in [-0.2, 0) is 6.54 Å². The van der Waals surface area contributed by atoms with Gasteiger partial charge in [-0.05, 0) is 82.8 Å². The lowest BCUT2D eigenvalue weighted by molar-refractivity contribution is 0.239. The van der Waals surface area contributed by atoms with Crippen molar-refractivity contribution in [2.75, 3.05) is 7.11 Å². The highest BCUT2D eigenvalue weighted by atomic mass is 127. The Kier molecular flexibility index (Phi) is 7.60. The molecule has 128 valence electrons. The van der Waals surface area contributed by atoms with E-state index < -0.39 is 0 Å². The van der Waals surface area contributed by atoms with Gasteiger partial charge in [-0.15, -0.1) is 0 Å². The van der Waals surface area contributed by atoms with Crippen LogP contribution < -0.4 is 14.9 Å². The Morgan fingerprint density at radius 1 is 1.17 bits per heavy atom. The molecule has 0 saturated carbocycles. The summed E-state index contributed by atoms with van der Waals surface area (Å²) in [5, 5.41) is 4.31. The van der Waals surface area contributed by atoms with E-state index in [0.717, 1.165) is 29.8 Å². The zero-order valence-electron chi connectivity index (χ0n) is 13.8. The molecule has 0 bridgehead atoms. The molecular formula is C18H20I2N2O2. The molecule has 0 unspecified atom stereocenters. The SMILES string of the molecule is COc1ccccc1CN/N=C/c1cc(I)c(OC(C)C)c(I)c1. The molecule has 0 fully saturated rings. The molecule has 1 N–H and O–H groups in total. The number of hydrogen-bond acceptors (Lipinski definition) is 4. The molecule has 0 atom stereocenters. The average molecular weight is 550 g/mol. The Hall–Kier alpha value is -1.03. The van der Waals surface area contributed by atoms with Gasteiger partial charge in [0.05, 0.1) is 33.1 Å². The monoisotopic (exact) mass is 550 g/mol. The Balaban J connectivity index is 2.02. The van der Waals surface area contributed by atoms with Gasteiger partial charge < -0.3 is 14.9 Å². The van der Waals surface area contributed by atoms with E-state index in [-0.39, 0.29) is 6.10 Å². The van der Waals surface area contributed by atoms with Crippen molar-refractivity contribution in [3.05, 3.63) is 54.7 Å². The Bertz CT molecular complexity index is 695. The second-order valence-electron chi connectivity index (χ2n) is 5.39. The van der Waals surface area contributed by atoms with Gasteiger partial charge in [0.1, 0.15) is 11.5 Å². The highest BCUT2D eigenvalue weighted by molar-refractivity contribution is 14.1. The van der Waals surface area contributed by atoms with Gasteiger partial charge in [-0.25, -0.2) is 0 Å². The molecule has 2 aromatic rings. The first kappa shape index (κ1) is 19.3. The molecule has 2 aromatic carbocycles. The summed E-state index contributed by atoms with van der Waals surface area (Å²) in [6.45, 7) is 4.68. The molecule has 0 aliphatic rings. The maximum Gasteiger partial charge on any atom is 0.146 e. The third-order valence-corrected chi connectivity index (χ3v) is 4.74. The molecule has 0 amide bonds. The summed E-state index contributed by atoms with van der Waals surface area (Å²) in [4.78, 5) is 0. The van der Waals surface area contributed by atoms with Gasteiger partial charge in [-0.2, -0.15) is 5.10 Å². The lowest BCUT2D eigenvalue weighted by atomic mass is 10.2. The molecule has 6 heteroatoms. The van der Waals surface area contributed by atoms with Gasteiger partial charge in [0.2, 0.25) is 0 Å². The molecule has 0 aliphatic carbocycles. The number of rotatable bonds is 7. The second-order valence-corrected chi connectivity index (χ2v) is 7.71. The van der Waals surface area contributed by atoms with Crippen LogP contribution in [-0.4, -0.2) is 19.4 Å². The van der Waals surface area contributed by atoms with Crippen LogP contribution in [0.25, 0.3) is 0 Å². The maximum atomic E-state index is 5.85. The second kappa shape index (κ2) is 9.45. The summed E-state index contributed by atoms with van der Waals surface area (Å²) in [7, 11) is 1.67. The van der Waals surface area contributed by atoms with Crippen LogP contribution in [0.2, 0.25) is 0 Å². The molecule has 24 heavy (non-hydrogen) atoms. The number of ether oxygens (including phenoxy) is 2. The van der Waals surface area contributed by atoms with Crippen LogP contribution >= 0.6 is 45.2 Å². The van der Waals surface area contributed by atoms with E-state index in [4.69, 9.17) is 9.47 Å². The van der Waals surface area contributed by atoms with E-state index in [1.807, 2.05) is 44.3 Å². The summed E-state index contributed by atoms with van der Waals surface area (Å²) in [5.41, 5.74) is 5.17. The Labute approximate surface area is 170 Å². The summed E-state index contributed by atoms with van der Waals surface area (Å²) < 4.78 is 13.3. The molecule has 0 radical (unpaired) electrons. The maximum absolute atomic E-state index is 5.85. The molecule has 0 heterocycles. The number of benzene rings is 2. The molecule has 0 spiro atoms. The van der Waals surface area contributed by atoms with Crippen molar-refractivity contribution in [1.29, 1.82) is 0 Å². The van der Waals surface area contributed by atoms with Crippen LogP contribution in [0.15, 0.2) is 41.5 Å². The minimum Gasteiger partial charge on any atom is -0.496 e. The van der Waals surface area contributed by atoms with Crippen molar-refractivity contribution in [2.45, 2.75) is 26.5 Å². The van der Waals surface area contributed by atoms with Gasteiger partial charge in [-0.1, -0.05) is 18.2 Å². The van der Waals surface area contributed by atoms with Crippen molar-refractivity contribution in [1.82, 2.24) is 5.43 Å². The normalized spacial score (nSPS) is 11.1. The number of hydrazone groups is 1. The molecule has 2 rings (SSSR count). The first-order valence-corrected chi connectivity index (χ1v) is 9.70. The molecule has 0 aromatic heterocycles. The first-order chi connectivity index (χ1) is 11.5. The fourth-order valence-corrected chi connectivity index (χ4v) is 4.17. The summed E-state index contributed by atoms with van der Waals surface area (Å²) >= 11 is 4.59. The van der Waals surface area contributed by atoms with Crippen LogP contribution in [0.4, 0.5) is 0 Å². The summed E-state index contributed by atoms with van der Waals surface area (Å²) in [5.74, 6) is 1.80. The third-order valence-electron chi connectivity index (χ3n) is 3.14. The molecular weight excluding hydrogens is 530 g/mol. The predicted octanol–water partition coefficient (Wildman–Crippen LogP) is 4.82. The molecule has 4 nitrogen and oxygen atoms in total. The smallest absolute Gasteiger partial charge is 0.146 e. The van der Waals surface area contributed by atoms with Crippen molar-refractivity contribution < 1.29 is 9.47 Å². The third kappa shape index (κ3) is 5.51. The van der Waals surface area contributed by atoms with Crippen LogP contribution in [0.1, 0.15) is 25.0 Å². The summed E-state index contributed by atoms with van der Waals surface area (Å²) in [6, 6.07) is 12.0. The van der Waals surface area contributed by atoms with Gasteiger partial charge in [0.15, 0.2) is 0 Å². The number of halogens is 2. The van der Waals surface area contributed by atoms with E-state index >= 15 is 0 Å². The van der Waals surface area contributed by atoms with E-state index in [1.165, 1.54) is 0 Å². The Morgan fingerprint density at radius 2 is 1.83 bits per heavy atom. The topological polar surface area (TPSA) is 42.8 Å². The van der Waals surface area contributed by atoms with E-state index in [0.29, 0.717) is 6.54 Å². The zero-order valence-corrected chi connectivity index (χ0v) is 18.2.